The fourth-order valence-electron chi connectivity index (χ4n) is 1.68. The summed E-state index contributed by atoms with van der Waals surface area (Å²) in [5, 5.41) is 3.11. The molecule has 0 saturated heterocycles. The van der Waals surface area contributed by atoms with Crippen LogP contribution in [-0.2, 0) is 11.2 Å². The highest BCUT2D eigenvalue weighted by Crippen LogP contribution is 2.21. The molecule has 0 saturated carbocycles. The maximum atomic E-state index is 13.4. The highest BCUT2D eigenvalue weighted by atomic mass is 32.1. The fraction of sp³-hybridized carbons (Fsp3) is 0.231. The van der Waals surface area contributed by atoms with Crippen LogP contribution < -0.4 is 5.32 Å². The van der Waals surface area contributed by atoms with Crippen LogP contribution in [0.4, 0.5) is 14.5 Å². The Morgan fingerprint density at radius 1 is 1.32 bits per heavy atom. The summed E-state index contributed by atoms with van der Waals surface area (Å²) in [6.45, 7) is 3.64. The number of aryl methyl sites for hydroxylation is 2. The smallest absolute Gasteiger partial charge is 0.229 e. The number of hydrogen-bond donors (Lipinski definition) is 1. The van der Waals surface area contributed by atoms with Gasteiger partial charge >= 0.3 is 0 Å². The Morgan fingerprint density at radius 3 is 2.47 bits per heavy atom. The second-order valence-electron chi connectivity index (χ2n) is 4.06. The standard InChI is InChI=1S/C13H12F2N2OS/c1-7-11(19-8(2)16-7)6-12(18)17-13-9(14)4-3-5-10(13)15/h3-5H,6H2,1-2H3,(H,17,18). The first-order valence-electron chi connectivity index (χ1n) is 5.64. The van der Waals surface area contributed by atoms with Crippen LogP contribution in [-0.4, -0.2) is 10.9 Å². The van der Waals surface area contributed by atoms with Crippen molar-refractivity contribution in [3.8, 4) is 0 Å². The second kappa shape index (κ2) is 5.44. The van der Waals surface area contributed by atoms with E-state index in [2.05, 4.69) is 10.3 Å². The molecule has 0 fully saturated rings. The zero-order chi connectivity index (χ0) is 14.0. The minimum atomic E-state index is -0.787. The molecule has 6 heteroatoms. The Kier molecular flexibility index (Phi) is 3.90. The van der Waals surface area contributed by atoms with Gasteiger partial charge in [-0.1, -0.05) is 6.07 Å². The Hall–Kier alpha value is -1.82. The summed E-state index contributed by atoms with van der Waals surface area (Å²) in [7, 11) is 0. The van der Waals surface area contributed by atoms with Crippen molar-refractivity contribution in [3.05, 3.63) is 45.4 Å². The molecule has 19 heavy (non-hydrogen) atoms. The first-order valence-corrected chi connectivity index (χ1v) is 6.46. The lowest BCUT2D eigenvalue weighted by Crippen LogP contribution is -2.16. The molecule has 0 aliphatic rings. The van der Waals surface area contributed by atoms with E-state index < -0.39 is 23.2 Å². The number of halogens is 2. The number of carbonyl (C=O) groups excluding carboxylic acids is 1. The van der Waals surface area contributed by atoms with E-state index in [0.717, 1.165) is 27.7 Å². The van der Waals surface area contributed by atoms with Gasteiger partial charge in [-0.15, -0.1) is 11.3 Å². The van der Waals surface area contributed by atoms with E-state index in [1.807, 2.05) is 6.92 Å². The number of amides is 1. The van der Waals surface area contributed by atoms with Crippen molar-refractivity contribution in [1.29, 1.82) is 0 Å². The molecule has 1 aromatic heterocycles. The van der Waals surface area contributed by atoms with Crippen molar-refractivity contribution in [3.63, 3.8) is 0 Å². The van der Waals surface area contributed by atoms with Gasteiger partial charge in [-0.25, -0.2) is 13.8 Å². The van der Waals surface area contributed by atoms with E-state index in [1.165, 1.54) is 17.4 Å². The number of hydrogen-bond acceptors (Lipinski definition) is 3. The van der Waals surface area contributed by atoms with Gasteiger partial charge in [0.05, 0.1) is 17.1 Å². The summed E-state index contributed by atoms with van der Waals surface area (Å²) < 4.78 is 26.7. The molecule has 2 rings (SSSR count). The molecule has 1 amide bonds. The van der Waals surface area contributed by atoms with Gasteiger partial charge < -0.3 is 5.32 Å². The van der Waals surface area contributed by atoms with Crippen molar-refractivity contribution < 1.29 is 13.6 Å². The number of aromatic nitrogens is 1. The number of carbonyl (C=O) groups is 1. The van der Waals surface area contributed by atoms with Crippen LogP contribution >= 0.6 is 11.3 Å². The lowest BCUT2D eigenvalue weighted by molar-refractivity contribution is -0.115. The van der Waals surface area contributed by atoms with Crippen LogP contribution in [0.3, 0.4) is 0 Å². The number of rotatable bonds is 3. The van der Waals surface area contributed by atoms with Gasteiger partial charge in [-0.3, -0.25) is 4.79 Å². The minimum Gasteiger partial charge on any atom is -0.321 e. The van der Waals surface area contributed by atoms with E-state index in [0.29, 0.717) is 0 Å². The molecule has 0 radical (unpaired) electrons. The average molecular weight is 282 g/mol. The first kappa shape index (κ1) is 13.6. The number of nitrogens with zero attached hydrogens (tertiary/aromatic N) is 1. The van der Waals surface area contributed by atoms with Crippen LogP contribution in [0, 0.1) is 25.5 Å². The average Bonchev–Trinajstić information content (AvgIpc) is 2.63. The lowest BCUT2D eigenvalue weighted by atomic mass is 10.2. The summed E-state index contributed by atoms with van der Waals surface area (Å²) in [4.78, 5) is 16.8. The highest BCUT2D eigenvalue weighted by molar-refractivity contribution is 7.11. The number of para-hydroxylation sites is 1. The van der Waals surface area contributed by atoms with Crippen molar-refractivity contribution in [2.45, 2.75) is 20.3 Å². The lowest BCUT2D eigenvalue weighted by Gasteiger charge is -2.06. The van der Waals surface area contributed by atoms with Crippen molar-refractivity contribution in [1.82, 2.24) is 4.98 Å². The van der Waals surface area contributed by atoms with Gasteiger partial charge in [0.15, 0.2) is 0 Å². The molecule has 3 nitrogen and oxygen atoms in total. The Labute approximate surface area is 113 Å². The van der Waals surface area contributed by atoms with Crippen LogP contribution in [0.25, 0.3) is 0 Å². The predicted molar refractivity (Wildman–Crippen MR) is 70.3 cm³/mol. The van der Waals surface area contributed by atoms with Gasteiger partial charge in [-0.2, -0.15) is 0 Å². The maximum Gasteiger partial charge on any atom is 0.229 e. The van der Waals surface area contributed by atoms with Gasteiger partial charge in [0, 0.05) is 4.88 Å². The maximum absolute atomic E-state index is 13.4. The topological polar surface area (TPSA) is 42.0 Å². The molecule has 1 N–H and O–H groups in total. The van der Waals surface area contributed by atoms with E-state index in [-0.39, 0.29) is 6.42 Å². The minimum absolute atomic E-state index is 0.0606. The largest absolute Gasteiger partial charge is 0.321 e. The quantitative estimate of drug-likeness (QED) is 0.939. The van der Waals surface area contributed by atoms with E-state index in [4.69, 9.17) is 0 Å². The van der Waals surface area contributed by atoms with Crippen LogP contribution in [0.15, 0.2) is 18.2 Å². The fourth-order valence-corrected chi connectivity index (χ4v) is 2.62. The van der Waals surface area contributed by atoms with Crippen molar-refractivity contribution in [2.75, 3.05) is 5.32 Å². The molecule has 1 heterocycles. The van der Waals surface area contributed by atoms with Crippen LogP contribution in [0.5, 0.6) is 0 Å². The zero-order valence-corrected chi connectivity index (χ0v) is 11.3. The summed E-state index contributed by atoms with van der Waals surface area (Å²) in [6.07, 6.45) is 0.0606. The third kappa shape index (κ3) is 3.14. The monoisotopic (exact) mass is 282 g/mol. The molecule has 0 unspecified atom stereocenters. The molecular formula is C13H12F2N2OS. The molecule has 0 atom stereocenters. The first-order chi connectivity index (χ1) is 8.97. The molecule has 0 aliphatic carbocycles. The third-order valence-corrected chi connectivity index (χ3v) is 3.62. The number of anilines is 1. The Morgan fingerprint density at radius 2 is 1.95 bits per heavy atom. The molecule has 0 aliphatic heterocycles. The molecule has 0 bridgehead atoms. The van der Waals surface area contributed by atoms with Crippen LogP contribution in [0.2, 0.25) is 0 Å². The molecule has 0 spiro atoms. The highest BCUT2D eigenvalue weighted by Gasteiger charge is 2.14. The summed E-state index contributed by atoms with van der Waals surface area (Å²) >= 11 is 1.40. The summed E-state index contributed by atoms with van der Waals surface area (Å²) in [5.74, 6) is -2.04. The van der Waals surface area contributed by atoms with E-state index in [1.54, 1.807) is 6.92 Å². The van der Waals surface area contributed by atoms with Crippen LogP contribution in [0.1, 0.15) is 15.6 Å². The van der Waals surface area contributed by atoms with Gasteiger partial charge in [-0.05, 0) is 26.0 Å². The molecule has 100 valence electrons. The molecular weight excluding hydrogens is 270 g/mol. The van der Waals surface area contributed by atoms with Crippen molar-refractivity contribution in [2.24, 2.45) is 0 Å². The normalized spacial score (nSPS) is 10.5. The SMILES string of the molecule is Cc1nc(C)c(CC(=O)Nc2c(F)cccc2F)s1. The molecule has 2 aromatic rings. The zero-order valence-electron chi connectivity index (χ0n) is 10.5. The number of nitrogens with one attached hydrogen (secondary N) is 1. The van der Waals surface area contributed by atoms with E-state index >= 15 is 0 Å². The Balaban J connectivity index is 2.12. The van der Waals surface area contributed by atoms with Gasteiger partial charge in [0.25, 0.3) is 0 Å². The Bertz CT molecular complexity index is 605. The van der Waals surface area contributed by atoms with Crippen molar-refractivity contribution >= 4 is 22.9 Å². The van der Waals surface area contributed by atoms with E-state index in [9.17, 15) is 13.6 Å². The second-order valence-corrected chi connectivity index (χ2v) is 5.35. The number of thiazole rings is 1. The van der Waals surface area contributed by atoms with Gasteiger partial charge in [0.1, 0.15) is 17.3 Å². The predicted octanol–water partition coefficient (Wildman–Crippen LogP) is 3.22. The number of benzene rings is 1. The summed E-state index contributed by atoms with van der Waals surface area (Å²) in [5.41, 5.74) is 0.359. The summed E-state index contributed by atoms with van der Waals surface area (Å²) in [6, 6.07) is 3.44. The molecule has 1 aromatic carbocycles. The van der Waals surface area contributed by atoms with Gasteiger partial charge in [0.2, 0.25) is 5.91 Å². The third-order valence-electron chi connectivity index (χ3n) is 2.55.